The monoisotopic (exact) mass is 210 g/mol. The van der Waals surface area contributed by atoms with Crippen molar-refractivity contribution in [1.29, 1.82) is 0 Å². The zero-order chi connectivity index (χ0) is 11.1. The molecule has 1 heterocycles. The molecular formula is C11H22N4. The average Bonchev–Trinajstić information content (AvgIpc) is 2.63. The van der Waals surface area contributed by atoms with Crippen molar-refractivity contribution in [2.24, 2.45) is 7.05 Å². The minimum atomic E-state index is 0.535. The number of unbranched alkanes of at least 4 members (excludes halogenated alkanes) is 2. The lowest BCUT2D eigenvalue weighted by Gasteiger charge is -2.13. The zero-order valence-corrected chi connectivity index (χ0v) is 10.0. The number of aryl methyl sites for hydroxylation is 1. The Hall–Kier alpha value is -0.900. The molecule has 1 N–H and O–H groups in total. The minimum absolute atomic E-state index is 0.535. The summed E-state index contributed by atoms with van der Waals surface area (Å²) < 4.78 is 1.76. The van der Waals surface area contributed by atoms with Crippen LogP contribution < -0.4 is 5.32 Å². The highest BCUT2D eigenvalue weighted by atomic mass is 15.4. The van der Waals surface area contributed by atoms with Crippen molar-refractivity contribution in [2.75, 3.05) is 7.05 Å². The molecule has 0 bridgehead atoms. The van der Waals surface area contributed by atoms with Crippen LogP contribution in [0.2, 0.25) is 0 Å². The molecule has 1 rings (SSSR count). The van der Waals surface area contributed by atoms with Gasteiger partial charge in [0.25, 0.3) is 0 Å². The van der Waals surface area contributed by atoms with E-state index < -0.39 is 0 Å². The molecule has 1 atom stereocenters. The topological polar surface area (TPSA) is 42.7 Å². The Morgan fingerprint density at radius 2 is 2.27 bits per heavy atom. The van der Waals surface area contributed by atoms with Gasteiger partial charge in [-0.2, -0.15) is 0 Å². The van der Waals surface area contributed by atoms with E-state index >= 15 is 0 Å². The van der Waals surface area contributed by atoms with Gasteiger partial charge in [0.1, 0.15) is 0 Å². The summed E-state index contributed by atoms with van der Waals surface area (Å²) in [4.78, 5) is 0. The molecule has 0 aromatic carbocycles. The summed E-state index contributed by atoms with van der Waals surface area (Å²) in [6, 6.07) is 0.535. The van der Waals surface area contributed by atoms with Gasteiger partial charge in [-0.25, -0.2) is 0 Å². The summed E-state index contributed by atoms with van der Waals surface area (Å²) in [5.41, 5.74) is 1.08. The second kappa shape index (κ2) is 6.56. The predicted molar refractivity (Wildman–Crippen MR) is 61.7 cm³/mol. The summed E-state index contributed by atoms with van der Waals surface area (Å²) in [7, 11) is 3.93. The van der Waals surface area contributed by atoms with Gasteiger partial charge in [-0.3, -0.25) is 4.68 Å². The van der Waals surface area contributed by atoms with Gasteiger partial charge in [0, 0.05) is 25.7 Å². The van der Waals surface area contributed by atoms with E-state index in [0.717, 1.165) is 12.1 Å². The molecular weight excluding hydrogens is 188 g/mol. The second-order valence-corrected chi connectivity index (χ2v) is 4.07. The van der Waals surface area contributed by atoms with Gasteiger partial charge in [-0.05, 0) is 13.5 Å². The molecule has 0 saturated carbocycles. The van der Waals surface area contributed by atoms with E-state index in [0.29, 0.717) is 6.04 Å². The molecule has 0 radical (unpaired) electrons. The maximum Gasteiger partial charge on any atom is 0.0842 e. The maximum absolute atomic E-state index is 4.10. The van der Waals surface area contributed by atoms with Crippen molar-refractivity contribution in [1.82, 2.24) is 20.3 Å². The number of hydrogen-bond acceptors (Lipinski definition) is 3. The van der Waals surface area contributed by atoms with Gasteiger partial charge in [-0.1, -0.05) is 31.4 Å². The summed E-state index contributed by atoms with van der Waals surface area (Å²) in [5.74, 6) is 0. The van der Waals surface area contributed by atoms with Crippen molar-refractivity contribution in [3.63, 3.8) is 0 Å². The van der Waals surface area contributed by atoms with Crippen molar-refractivity contribution in [2.45, 2.75) is 45.1 Å². The number of hydrogen-bond donors (Lipinski definition) is 1. The molecule has 0 aliphatic rings. The Morgan fingerprint density at radius 1 is 1.47 bits per heavy atom. The van der Waals surface area contributed by atoms with Crippen LogP contribution in [0.1, 0.15) is 38.3 Å². The van der Waals surface area contributed by atoms with Gasteiger partial charge < -0.3 is 5.32 Å². The molecule has 1 aromatic heterocycles. The van der Waals surface area contributed by atoms with Crippen LogP contribution in [0.15, 0.2) is 6.20 Å². The smallest absolute Gasteiger partial charge is 0.0842 e. The number of nitrogens with one attached hydrogen (secondary N) is 1. The molecule has 4 heteroatoms. The molecule has 1 aromatic rings. The van der Waals surface area contributed by atoms with E-state index in [2.05, 4.69) is 22.6 Å². The molecule has 1 unspecified atom stereocenters. The van der Waals surface area contributed by atoms with Gasteiger partial charge >= 0.3 is 0 Å². The third kappa shape index (κ3) is 4.42. The van der Waals surface area contributed by atoms with Crippen LogP contribution in [0.5, 0.6) is 0 Å². The third-order valence-electron chi connectivity index (χ3n) is 2.67. The molecule has 0 spiro atoms. The van der Waals surface area contributed by atoms with Gasteiger partial charge in [0.15, 0.2) is 0 Å². The highest BCUT2D eigenvalue weighted by molar-refractivity contribution is 4.95. The highest BCUT2D eigenvalue weighted by Crippen LogP contribution is 2.07. The Balaban J connectivity index is 2.33. The molecule has 0 aliphatic carbocycles. The molecule has 4 nitrogen and oxygen atoms in total. The number of likely N-dealkylation sites (N-methyl/N-ethyl adjacent to an activating group) is 1. The average molecular weight is 210 g/mol. The molecule has 86 valence electrons. The van der Waals surface area contributed by atoms with E-state index in [1.165, 1.54) is 25.7 Å². The first-order chi connectivity index (χ1) is 7.26. The zero-order valence-electron chi connectivity index (χ0n) is 10.0. The number of aromatic nitrogens is 3. The lowest BCUT2D eigenvalue weighted by Crippen LogP contribution is -2.27. The highest BCUT2D eigenvalue weighted by Gasteiger charge is 2.08. The van der Waals surface area contributed by atoms with Crippen molar-refractivity contribution < 1.29 is 0 Å². The van der Waals surface area contributed by atoms with Crippen molar-refractivity contribution in [3.8, 4) is 0 Å². The van der Waals surface area contributed by atoms with Crippen LogP contribution >= 0.6 is 0 Å². The predicted octanol–water partition coefficient (Wildman–Crippen LogP) is 1.53. The first-order valence-electron chi connectivity index (χ1n) is 5.78. The summed E-state index contributed by atoms with van der Waals surface area (Å²) >= 11 is 0. The standard InChI is InChI=1S/C11H22N4/c1-4-5-6-7-10(12-2)8-11-9-15(3)14-13-11/h9-10,12H,4-8H2,1-3H3. The van der Waals surface area contributed by atoms with Crippen LogP contribution in [-0.4, -0.2) is 28.1 Å². The van der Waals surface area contributed by atoms with E-state index in [9.17, 15) is 0 Å². The SMILES string of the molecule is CCCCCC(Cc1cn(C)nn1)NC. The summed E-state index contributed by atoms with van der Waals surface area (Å²) in [6.07, 6.45) is 8.08. The molecule has 0 fully saturated rings. The first kappa shape index (κ1) is 12.2. The van der Waals surface area contributed by atoms with Gasteiger partial charge in [-0.15, -0.1) is 5.10 Å². The lowest BCUT2D eigenvalue weighted by molar-refractivity contribution is 0.486. The maximum atomic E-state index is 4.10. The van der Waals surface area contributed by atoms with E-state index in [4.69, 9.17) is 0 Å². The molecule has 0 amide bonds. The first-order valence-corrected chi connectivity index (χ1v) is 5.78. The quantitative estimate of drug-likeness (QED) is 0.694. The Morgan fingerprint density at radius 3 is 2.80 bits per heavy atom. The molecule has 0 aliphatic heterocycles. The summed E-state index contributed by atoms with van der Waals surface area (Å²) in [5, 5.41) is 11.4. The Labute approximate surface area is 92.1 Å². The Kier molecular flexibility index (Phi) is 5.32. The van der Waals surface area contributed by atoms with Crippen molar-refractivity contribution in [3.05, 3.63) is 11.9 Å². The lowest BCUT2D eigenvalue weighted by atomic mass is 10.0. The Bertz CT molecular complexity index is 269. The molecule has 15 heavy (non-hydrogen) atoms. The van der Waals surface area contributed by atoms with E-state index in [-0.39, 0.29) is 0 Å². The van der Waals surface area contributed by atoms with Crippen molar-refractivity contribution >= 4 is 0 Å². The van der Waals surface area contributed by atoms with E-state index in [1.54, 1.807) is 4.68 Å². The van der Waals surface area contributed by atoms with Gasteiger partial charge in [0.2, 0.25) is 0 Å². The van der Waals surface area contributed by atoms with Crippen LogP contribution in [0.3, 0.4) is 0 Å². The van der Waals surface area contributed by atoms with Crippen LogP contribution in [0.4, 0.5) is 0 Å². The van der Waals surface area contributed by atoms with E-state index in [1.807, 2.05) is 20.3 Å². The second-order valence-electron chi connectivity index (χ2n) is 4.07. The largest absolute Gasteiger partial charge is 0.317 e. The fraction of sp³-hybridized carbons (Fsp3) is 0.818. The van der Waals surface area contributed by atoms with Crippen LogP contribution in [0, 0.1) is 0 Å². The normalized spacial score (nSPS) is 13.0. The van der Waals surface area contributed by atoms with Crippen LogP contribution in [-0.2, 0) is 13.5 Å². The fourth-order valence-corrected chi connectivity index (χ4v) is 1.73. The number of nitrogens with zero attached hydrogens (tertiary/aromatic N) is 3. The van der Waals surface area contributed by atoms with Gasteiger partial charge in [0.05, 0.1) is 5.69 Å². The van der Waals surface area contributed by atoms with Crippen LogP contribution in [0.25, 0.3) is 0 Å². The molecule has 0 saturated heterocycles. The summed E-state index contributed by atoms with van der Waals surface area (Å²) in [6.45, 7) is 2.23. The number of rotatable bonds is 7. The fourth-order valence-electron chi connectivity index (χ4n) is 1.73. The third-order valence-corrected chi connectivity index (χ3v) is 2.67. The minimum Gasteiger partial charge on any atom is -0.317 e.